The number of amides is 1. The van der Waals surface area contributed by atoms with Gasteiger partial charge in [-0.25, -0.2) is 18.3 Å². The number of hydrogen-bond donors (Lipinski definition) is 1. The summed E-state index contributed by atoms with van der Waals surface area (Å²) >= 11 is 0. The van der Waals surface area contributed by atoms with Gasteiger partial charge in [-0.3, -0.25) is 4.79 Å². The van der Waals surface area contributed by atoms with E-state index in [2.05, 4.69) is 35.2 Å². The van der Waals surface area contributed by atoms with Crippen LogP contribution in [0.5, 0.6) is 0 Å². The molecular weight excluding hydrogens is 484 g/mol. The van der Waals surface area contributed by atoms with Crippen molar-refractivity contribution in [2.45, 2.75) is 44.2 Å². The van der Waals surface area contributed by atoms with Crippen LogP contribution in [-0.2, 0) is 11.2 Å². The summed E-state index contributed by atoms with van der Waals surface area (Å²) in [6, 6.07) is 19.7. The molecule has 2 aromatic carbocycles. The number of benzene rings is 2. The van der Waals surface area contributed by atoms with Gasteiger partial charge in [0.1, 0.15) is 11.4 Å². The molecule has 38 heavy (non-hydrogen) atoms. The molecule has 4 aromatic rings. The topological polar surface area (TPSA) is 62.5 Å². The Morgan fingerprint density at radius 1 is 1.03 bits per heavy atom. The highest BCUT2D eigenvalue weighted by atomic mass is 19.3. The van der Waals surface area contributed by atoms with Crippen LogP contribution in [0.4, 0.5) is 8.78 Å². The number of fused-ring (bicyclic) bond motifs is 2. The molecular formula is C30H29F2N5O. The van der Waals surface area contributed by atoms with Gasteiger partial charge in [0, 0.05) is 36.3 Å². The molecule has 1 aliphatic heterocycles. The van der Waals surface area contributed by atoms with Crippen molar-refractivity contribution in [2.75, 3.05) is 13.1 Å². The van der Waals surface area contributed by atoms with Crippen molar-refractivity contribution < 1.29 is 13.6 Å². The van der Waals surface area contributed by atoms with E-state index < -0.39 is 6.43 Å². The minimum Gasteiger partial charge on any atom is -0.339 e. The van der Waals surface area contributed by atoms with Crippen LogP contribution >= 0.6 is 0 Å². The Bertz CT molecular complexity index is 1490. The van der Waals surface area contributed by atoms with E-state index in [1.807, 2.05) is 35.2 Å². The molecule has 1 fully saturated rings. The van der Waals surface area contributed by atoms with Crippen LogP contribution < -0.4 is 5.32 Å². The van der Waals surface area contributed by atoms with E-state index in [4.69, 9.17) is 4.98 Å². The first-order chi connectivity index (χ1) is 18.5. The maximum Gasteiger partial charge on any atom is 0.282 e. The Labute approximate surface area is 220 Å². The molecule has 0 saturated carbocycles. The van der Waals surface area contributed by atoms with Gasteiger partial charge in [0.2, 0.25) is 5.91 Å². The van der Waals surface area contributed by atoms with Crippen molar-refractivity contribution in [3.8, 4) is 22.5 Å². The fraction of sp³-hybridized carbons (Fsp3) is 0.300. The summed E-state index contributed by atoms with van der Waals surface area (Å²) in [4.78, 5) is 18.6. The van der Waals surface area contributed by atoms with E-state index in [0.29, 0.717) is 17.4 Å². The quantitative estimate of drug-likeness (QED) is 0.333. The van der Waals surface area contributed by atoms with Gasteiger partial charge in [0.25, 0.3) is 6.43 Å². The molecule has 1 atom stereocenters. The Morgan fingerprint density at radius 2 is 1.82 bits per heavy atom. The van der Waals surface area contributed by atoms with Gasteiger partial charge >= 0.3 is 0 Å². The maximum absolute atomic E-state index is 13.5. The minimum atomic E-state index is -2.66. The molecule has 0 bridgehead atoms. The van der Waals surface area contributed by atoms with Crippen LogP contribution in [-0.4, -0.2) is 44.5 Å². The summed E-state index contributed by atoms with van der Waals surface area (Å²) in [6.45, 7) is 5.09. The number of rotatable bonds is 6. The van der Waals surface area contributed by atoms with Gasteiger partial charge in [0.15, 0.2) is 5.65 Å². The van der Waals surface area contributed by atoms with Crippen molar-refractivity contribution in [1.82, 2.24) is 24.8 Å². The number of hydrogen-bond acceptors (Lipinski definition) is 4. The summed E-state index contributed by atoms with van der Waals surface area (Å²) in [5, 5.41) is 8.05. The molecule has 1 N–H and O–H groups in total. The first-order valence-electron chi connectivity index (χ1n) is 13.1. The second-order valence-corrected chi connectivity index (χ2v) is 9.98. The lowest BCUT2D eigenvalue weighted by molar-refractivity contribution is -0.127. The summed E-state index contributed by atoms with van der Waals surface area (Å²) in [5.74, 6) is 0.00430. The summed E-state index contributed by atoms with van der Waals surface area (Å²) < 4.78 is 28.5. The van der Waals surface area contributed by atoms with Crippen LogP contribution in [0.2, 0.25) is 0 Å². The number of aryl methyl sites for hydroxylation is 1. The lowest BCUT2D eigenvalue weighted by atomic mass is 9.99. The predicted octanol–water partition coefficient (Wildman–Crippen LogP) is 5.75. The molecule has 2 aromatic heterocycles. The first-order valence-corrected chi connectivity index (χ1v) is 13.1. The molecule has 1 aliphatic carbocycles. The first kappa shape index (κ1) is 24.4. The van der Waals surface area contributed by atoms with Crippen molar-refractivity contribution in [1.29, 1.82) is 0 Å². The molecule has 6 nitrogen and oxygen atoms in total. The monoisotopic (exact) mass is 513 g/mol. The number of carbonyl (C=O) groups is 1. The minimum absolute atomic E-state index is 0.00430. The molecule has 3 heterocycles. The number of imidazole rings is 1. The average molecular weight is 514 g/mol. The molecule has 0 spiro atoms. The molecule has 194 valence electrons. The Kier molecular flexibility index (Phi) is 6.49. The van der Waals surface area contributed by atoms with E-state index >= 15 is 0 Å². The van der Waals surface area contributed by atoms with E-state index in [9.17, 15) is 13.6 Å². The third-order valence-electron chi connectivity index (χ3n) is 7.68. The van der Waals surface area contributed by atoms with Crippen LogP contribution in [0, 0.1) is 0 Å². The van der Waals surface area contributed by atoms with Crippen molar-refractivity contribution in [3.63, 3.8) is 0 Å². The number of piperidine rings is 1. The van der Waals surface area contributed by atoms with Crippen molar-refractivity contribution in [2.24, 2.45) is 0 Å². The third kappa shape index (κ3) is 4.49. The summed E-state index contributed by atoms with van der Waals surface area (Å²) in [6.07, 6.45) is 2.56. The molecule has 1 saturated heterocycles. The smallest absolute Gasteiger partial charge is 0.282 e. The number of carbonyl (C=O) groups excluding carboxylic acids is 1. The highest BCUT2D eigenvalue weighted by Gasteiger charge is 2.29. The zero-order valence-corrected chi connectivity index (χ0v) is 21.0. The fourth-order valence-electron chi connectivity index (χ4n) is 5.74. The lowest BCUT2D eigenvalue weighted by Gasteiger charge is -2.33. The average Bonchev–Trinajstić information content (AvgIpc) is 3.54. The number of likely N-dealkylation sites (tertiary alicyclic amines) is 1. The maximum atomic E-state index is 13.5. The molecule has 8 heteroatoms. The number of aromatic nitrogens is 3. The number of halogens is 2. The SMILES string of the molecule is C=CC(=O)N1CCC(N[C@H]2CCc3cc(-c4nc5ccc(C(F)F)nn5c4-c4ccccc4)ccc32)CC1. The van der Waals surface area contributed by atoms with Gasteiger partial charge in [-0.1, -0.05) is 49.0 Å². The Hall–Kier alpha value is -3.91. The highest BCUT2D eigenvalue weighted by Crippen LogP contribution is 2.38. The van der Waals surface area contributed by atoms with Gasteiger partial charge in [-0.2, -0.15) is 5.10 Å². The molecule has 1 amide bonds. The van der Waals surface area contributed by atoms with Gasteiger partial charge in [0.05, 0.1) is 5.69 Å². The van der Waals surface area contributed by atoms with Crippen LogP contribution in [0.1, 0.15) is 48.6 Å². The zero-order valence-electron chi connectivity index (χ0n) is 21.0. The van der Waals surface area contributed by atoms with Crippen molar-refractivity contribution >= 4 is 11.6 Å². The van der Waals surface area contributed by atoms with Gasteiger partial charge in [-0.05, 0) is 61.1 Å². The lowest BCUT2D eigenvalue weighted by Crippen LogP contribution is -2.45. The van der Waals surface area contributed by atoms with E-state index in [1.54, 1.807) is 6.07 Å². The summed E-state index contributed by atoms with van der Waals surface area (Å²) in [5.41, 5.74) is 6.08. The molecule has 0 unspecified atom stereocenters. The Morgan fingerprint density at radius 3 is 2.55 bits per heavy atom. The molecule has 6 rings (SSSR count). The third-order valence-corrected chi connectivity index (χ3v) is 7.68. The fourth-order valence-corrected chi connectivity index (χ4v) is 5.74. The van der Waals surface area contributed by atoms with Crippen LogP contribution in [0.25, 0.3) is 28.2 Å². The van der Waals surface area contributed by atoms with E-state index in [-0.39, 0.29) is 17.6 Å². The normalized spacial score (nSPS) is 17.8. The van der Waals surface area contributed by atoms with Gasteiger partial charge in [-0.15, -0.1) is 0 Å². The largest absolute Gasteiger partial charge is 0.339 e. The summed E-state index contributed by atoms with van der Waals surface area (Å²) in [7, 11) is 0. The van der Waals surface area contributed by atoms with Crippen LogP contribution in [0.15, 0.2) is 73.3 Å². The highest BCUT2D eigenvalue weighted by molar-refractivity contribution is 5.87. The van der Waals surface area contributed by atoms with Crippen molar-refractivity contribution in [3.05, 3.63) is 90.1 Å². The van der Waals surface area contributed by atoms with E-state index in [0.717, 1.165) is 55.6 Å². The Balaban J connectivity index is 1.30. The standard InChI is InChI=1S/C30H29F2N5O/c1-2-27(38)36-16-14-22(15-17-36)33-24-11-9-20-18-21(8-10-23(20)24)28-29(19-6-4-3-5-7-19)37-26(34-28)13-12-25(35-37)30(31)32/h2-8,10,12-13,18,22,24,30,33H,1,9,11,14-17H2/t24-/m0/s1. The van der Waals surface area contributed by atoms with Gasteiger partial charge < -0.3 is 10.2 Å². The number of nitrogens with one attached hydrogen (secondary N) is 1. The van der Waals surface area contributed by atoms with E-state index in [1.165, 1.54) is 27.8 Å². The molecule has 0 radical (unpaired) electrons. The number of alkyl halides is 2. The predicted molar refractivity (Wildman–Crippen MR) is 143 cm³/mol. The number of nitrogens with zero attached hydrogens (tertiary/aromatic N) is 4. The second-order valence-electron chi connectivity index (χ2n) is 9.98. The second kappa shape index (κ2) is 10.1. The zero-order chi connectivity index (χ0) is 26.2. The van der Waals surface area contributed by atoms with Crippen LogP contribution in [0.3, 0.4) is 0 Å². The molecule has 2 aliphatic rings.